The average Bonchev–Trinajstić information content (AvgIpc) is 2.60. The molecule has 0 heterocycles. The first-order chi connectivity index (χ1) is 11.6. The maximum atomic E-state index is 2.35. The molecule has 0 aliphatic heterocycles. The summed E-state index contributed by atoms with van der Waals surface area (Å²) in [6, 6.07) is 27.7. The molecule has 0 saturated carbocycles. The maximum absolute atomic E-state index is 2.35. The van der Waals surface area contributed by atoms with Crippen LogP contribution < -0.4 is 15.9 Å². The molecule has 0 unspecified atom stereocenters. The molecule has 3 aromatic rings. The normalized spacial score (nSPS) is 12.2. The molecule has 0 saturated heterocycles. The zero-order valence-corrected chi connectivity index (χ0v) is 16.1. The van der Waals surface area contributed by atoms with Gasteiger partial charge in [-0.15, -0.1) is 0 Å². The van der Waals surface area contributed by atoms with E-state index < -0.39 is 7.26 Å². The van der Waals surface area contributed by atoms with Crippen molar-refractivity contribution in [2.75, 3.05) is 6.16 Å². The summed E-state index contributed by atoms with van der Waals surface area (Å²) in [5.74, 6) is 0. The third-order valence-corrected chi connectivity index (χ3v) is 10.2. The monoisotopic (exact) mass is 334 g/mol. The van der Waals surface area contributed by atoms with E-state index in [9.17, 15) is 0 Å². The van der Waals surface area contributed by atoms with Gasteiger partial charge in [0.25, 0.3) is 0 Å². The summed E-state index contributed by atoms with van der Waals surface area (Å²) in [5.41, 5.74) is 3.97. The van der Waals surface area contributed by atoms with Gasteiger partial charge in [-0.3, -0.25) is 0 Å². The molecule has 0 amide bonds. The van der Waals surface area contributed by atoms with E-state index in [1.54, 1.807) is 0 Å². The van der Waals surface area contributed by atoms with Gasteiger partial charge in [-0.25, -0.2) is 0 Å². The molecule has 0 atom stereocenters. The number of hydrogen-bond donors (Lipinski definition) is 0. The number of hydrogen-bond acceptors (Lipinski definition) is 0. The van der Waals surface area contributed by atoms with Crippen LogP contribution in [0, 0.1) is 20.8 Å². The van der Waals surface area contributed by atoms with Crippen molar-refractivity contribution in [2.24, 2.45) is 0 Å². The van der Waals surface area contributed by atoms with Crippen LogP contribution >= 0.6 is 7.26 Å². The van der Waals surface area contributed by atoms with Crippen LogP contribution in [-0.2, 0) is 0 Å². The molecule has 0 bridgehead atoms. The van der Waals surface area contributed by atoms with Crippen molar-refractivity contribution < 1.29 is 0 Å². The summed E-state index contributed by atoms with van der Waals surface area (Å²) in [7, 11) is -1.97. The Hall–Kier alpha value is -1.91. The summed E-state index contributed by atoms with van der Waals surface area (Å²) < 4.78 is 0. The van der Waals surface area contributed by atoms with Gasteiger partial charge in [0.1, 0.15) is 0 Å². The second-order valence-electron chi connectivity index (χ2n) is 6.86. The Balaban J connectivity index is 2.27. The standard InChI is InChI=1S/C23H27P/c1-5-24(21-12-6-18(2)7-13-21,22-14-8-19(3)9-15-22)23-16-10-20(4)11-17-23/h6-17,24H,5H2,1-4H3. The summed E-state index contributed by atoms with van der Waals surface area (Å²) in [6.07, 6.45) is 1.17. The molecule has 24 heavy (non-hydrogen) atoms. The Kier molecular flexibility index (Phi) is 4.88. The molecule has 0 N–H and O–H groups in total. The van der Waals surface area contributed by atoms with Gasteiger partial charge in [0.2, 0.25) is 0 Å². The zero-order chi connectivity index (χ0) is 17.2. The predicted octanol–water partition coefficient (Wildman–Crippen LogP) is 4.66. The van der Waals surface area contributed by atoms with Gasteiger partial charge in [0.05, 0.1) is 0 Å². The fourth-order valence-corrected chi connectivity index (χ4v) is 8.06. The van der Waals surface area contributed by atoms with Gasteiger partial charge in [-0.05, 0) is 0 Å². The van der Waals surface area contributed by atoms with Crippen LogP contribution in [0.1, 0.15) is 23.6 Å². The molecule has 1 heteroatoms. The van der Waals surface area contributed by atoms with Gasteiger partial charge in [-0.1, -0.05) is 0 Å². The Morgan fingerprint density at radius 1 is 0.500 bits per heavy atom. The number of benzene rings is 3. The van der Waals surface area contributed by atoms with Crippen molar-refractivity contribution in [1.29, 1.82) is 0 Å². The minimum atomic E-state index is -1.97. The SMILES string of the molecule is CC[PH](c1ccc(C)cc1)(c1ccc(C)cc1)c1ccc(C)cc1. The molecule has 0 aliphatic rings. The Morgan fingerprint density at radius 2 is 0.750 bits per heavy atom. The van der Waals surface area contributed by atoms with E-state index in [4.69, 9.17) is 0 Å². The first-order valence-electron chi connectivity index (χ1n) is 8.77. The number of aryl methyl sites for hydroxylation is 3. The summed E-state index contributed by atoms with van der Waals surface area (Å²) in [4.78, 5) is 0. The molecule has 3 aromatic carbocycles. The molecule has 0 aliphatic carbocycles. The van der Waals surface area contributed by atoms with Gasteiger partial charge in [-0.2, -0.15) is 0 Å². The summed E-state index contributed by atoms with van der Waals surface area (Å²) >= 11 is 0. The van der Waals surface area contributed by atoms with Gasteiger partial charge >= 0.3 is 147 Å². The molecule has 3 rings (SSSR count). The van der Waals surface area contributed by atoms with Crippen LogP contribution in [0.25, 0.3) is 0 Å². The molecule has 0 nitrogen and oxygen atoms in total. The van der Waals surface area contributed by atoms with E-state index in [0.29, 0.717) is 0 Å². The van der Waals surface area contributed by atoms with Gasteiger partial charge in [0, 0.05) is 0 Å². The molecule has 0 radical (unpaired) electrons. The summed E-state index contributed by atoms with van der Waals surface area (Å²) in [5, 5.41) is 4.51. The van der Waals surface area contributed by atoms with E-state index >= 15 is 0 Å². The van der Waals surface area contributed by atoms with Crippen molar-refractivity contribution in [3.8, 4) is 0 Å². The molecular weight excluding hydrogens is 307 g/mol. The van der Waals surface area contributed by atoms with E-state index in [2.05, 4.69) is 100 Å². The van der Waals surface area contributed by atoms with Crippen molar-refractivity contribution in [2.45, 2.75) is 27.7 Å². The van der Waals surface area contributed by atoms with Gasteiger partial charge in [0.15, 0.2) is 0 Å². The first kappa shape index (κ1) is 16.9. The molecule has 0 spiro atoms. The van der Waals surface area contributed by atoms with Crippen LogP contribution in [0.4, 0.5) is 0 Å². The zero-order valence-electron chi connectivity index (χ0n) is 15.1. The first-order valence-corrected chi connectivity index (χ1v) is 11.0. The van der Waals surface area contributed by atoms with Crippen molar-refractivity contribution in [3.05, 3.63) is 89.5 Å². The average molecular weight is 334 g/mol. The van der Waals surface area contributed by atoms with Crippen molar-refractivity contribution >= 4 is 23.2 Å². The summed E-state index contributed by atoms with van der Waals surface area (Å²) in [6.45, 7) is 8.84. The minimum absolute atomic E-state index is 1.17. The quantitative estimate of drug-likeness (QED) is 0.609. The Bertz CT molecular complexity index is 685. The fourth-order valence-electron chi connectivity index (χ4n) is 3.63. The van der Waals surface area contributed by atoms with Crippen molar-refractivity contribution in [3.63, 3.8) is 0 Å². The molecule has 0 fully saturated rings. The number of rotatable bonds is 4. The van der Waals surface area contributed by atoms with Crippen LogP contribution in [0.2, 0.25) is 0 Å². The Labute approximate surface area is 146 Å². The predicted molar refractivity (Wildman–Crippen MR) is 111 cm³/mol. The third kappa shape index (κ3) is 3.04. The molecule has 0 aromatic heterocycles. The van der Waals surface area contributed by atoms with E-state index in [0.717, 1.165) is 0 Å². The molecular formula is C23H27P. The fraction of sp³-hybridized carbons (Fsp3) is 0.217. The van der Waals surface area contributed by atoms with E-state index in [1.807, 2.05) is 0 Å². The van der Waals surface area contributed by atoms with E-state index in [-0.39, 0.29) is 0 Å². The van der Waals surface area contributed by atoms with Crippen LogP contribution in [0.3, 0.4) is 0 Å². The second kappa shape index (κ2) is 6.91. The van der Waals surface area contributed by atoms with E-state index in [1.165, 1.54) is 38.8 Å². The topological polar surface area (TPSA) is 0 Å². The van der Waals surface area contributed by atoms with Crippen LogP contribution in [-0.4, -0.2) is 6.16 Å². The Morgan fingerprint density at radius 3 is 0.958 bits per heavy atom. The van der Waals surface area contributed by atoms with Gasteiger partial charge < -0.3 is 0 Å². The van der Waals surface area contributed by atoms with Crippen LogP contribution in [0.5, 0.6) is 0 Å². The third-order valence-electron chi connectivity index (χ3n) is 5.16. The second-order valence-corrected chi connectivity index (χ2v) is 11.1. The molecule has 124 valence electrons. The van der Waals surface area contributed by atoms with Crippen molar-refractivity contribution in [1.82, 2.24) is 0 Å². The van der Waals surface area contributed by atoms with Crippen LogP contribution in [0.15, 0.2) is 72.8 Å².